The second kappa shape index (κ2) is 7.00. The molecule has 0 fully saturated rings. The fourth-order valence-electron chi connectivity index (χ4n) is 1.35. The van der Waals surface area contributed by atoms with E-state index in [1.54, 1.807) is 13.2 Å². The van der Waals surface area contributed by atoms with Crippen LogP contribution in [-0.4, -0.2) is 30.2 Å². The number of aromatic nitrogens is 2. The fraction of sp³-hybridized carbons (Fsp3) is 0.636. The molecule has 0 aromatic carbocycles. The van der Waals surface area contributed by atoms with E-state index in [1.807, 2.05) is 0 Å². The van der Waals surface area contributed by atoms with Crippen LogP contribution in [-0.2, 0) is 11.2 Å². The predicted octanol–water partition coefficient (Wildman–Crippen LogP) is 1.17. The summed E-state index contributed by atoms with van der Waals surface area (Å²) in [6.45, 7) is 3.34. The summed E-state index contributed by atoms with van der Waals surface area (Å²) in [6.07, 6.45) is 2.99. The number of anilines is 1. The van der Waals surface area contributed by atoms with Gasteiger partial charge >= 0.3 is 0 Å². The van der Waals surface area contributed by atoms with Crippen LogP contribution >= 0.6 is 0 Å². The third kappa shape index (κ3) is 4.44. The van der Waals surface area contributed by atoms with Crippen molar-refractivity contribution in [3.05, 3.63) is 22.1 Å². The molecule has 1 aromatic rings. The summed E-state index contributed by atoms with van der Waals surface area (Å²) in [6, 6.07) is 1.55. The minimum absolute atomic E-state index is 0.110. The van der Waals surface area contributed by atoms with Crippen molar-refractivity contribution in [1.29, 1.82) is 0 Å². The fourth-order valence-corrected chi connectivity index (χ4v) is 1.35. The van der Waals surface area contributed by atoms with Crippen LogP contribution in [0.25, 0.3) is 0 Å². The highest BCUT2D eigenvalue weighted by Crippen LogP contribution is 2.01. The van der Waals surface area contributed by atoms with Gasteiger partial charge in [-0.25, -0.2) is 4.98 Å². The molecule has 0 aliphatic carbocycles. The van der Waals surface area contributed by atoms with Crippen molar-refractivity contribution in [3.63, 3.8) is 0 Å². The molecule has 1 aromatic heterocycles. The normalized spacial score (nSPS) is 10.4. The molecule has 1 heterocycles. The molecular weight excluding hydrogens is 206 g/mol. The molecule has 5 nitrogen and oxygen atoms in total. The molecule has 1 rings (SSSR count). The molecule has 5 heteroatoms. The summed E-state index contributed by atoms with van der Waals surface area (Å²) in [4.78, 5) is 18.3. The largest absolute Gasteiger partial charge is 0.383 e. The number of hydrogen-bond acceptors (Lipinski definition) is 4. The van der Waals surface area contributed by atoms with Crippen molar-refractivity contribution < 1.29 is 4.74 Å². The Balaban J connectivity index is 2.62. The van der Waals surface area contributed by atoms with Crippen LogP contribution in [0, 0.1) is 0 Å². The van der Waals surface area contributed by atoms with Gasteiger partial charge in [0.15, 0.2) is 0 Å². The first-order valence-corrected chi connectivity index (χ1v) is 5.59. The molecule has 0 atom stereocenters. The first kappa shape index (κ1) is 12.7. The number of unbranched alkanes of at least 4 members (excludes halogenated alkanes) is 1. The van der Waals surface area contributed by atoms with Crippen LogP contribution in [0.5, 0.6) is 0 Å². The van der Waals surface area contributed by atoms with Crippen molar-refractivity contribution >= 4 is 5.95 Å². The van der Waals surface area contributed by atoms with Gasteiger partial charge in [0, 0.05) is 25.4 Å². The summed E-state index contributed by atoms with van der Waals surface area (Å²) in [5.74, 6) is 0.524. The van der Waals surface area contributed by atoms with E-state index in [0.29, 0.717) is 19.1 Å². The van der Waals surface area contributed by atoms with Crippen LogP contribution in [0.15, 0.2) is 10.9 Å². The molecule has 0 amide bonds. The van der Waals surface area contributed by atoms with Crippen molar-refractivity contribution in [2.75, 3.05) is 25.6 Å². The van der Waals surface area contributed by atoms with E-state index in [0.717, 1.165) is 25.0 Å². The quantitative estimate of drug-likeness (QED) is 0.684. The third-order valence-electron chi connectivity index (χ3n) is 2.18. The van der Waals surface area contributed by atoms with Gasteiger partial charge in [0.25, 0.3) is 5.56 Å². The second-order valence-electron chi connectivity index (χ2n) is 3.61. The lowest BCUT2D eigenvalue weighted by molar-refractivity contribution is 0.210. The summed E-state index contributed by atoms with van der Waals surface area (Å²) in [5, 5.41) is 3.01. The zero-order valence-electron chi connectivity index (χ0n) is 9.88. The molecule has 0 aliphatic heterocycles. The minimum Gasteiger partial charge on any atom is -0.383 e. The average molecular weight is 225 g/mol. The summed E-state index contributed by atoms with van der Waals surface area (Å²) < 4.78 is 4.91. The number of nitrogens with one attached hydrogen (secondary N) is 2. The number of rotatable bonds is 7. The number of nitrogens with zero attached hydrogens (tertiary/aromatic N) is 1. The summed E-state index contributed by atoms with van der Waals surface area (Å²) in [5.41, 5.74) is 0.728. The first-order chi connectivity index (χ1) is 7.76. The smallest absolute Gasteiger partial charge is 0.252 e. The van der Waals surface area contributed by atoms with E-state index in [2.05, 4.69) is 22.2 Å². The Bertz CT molecular complexity index is 362. The molecule has 90 valence electrons. The van der Waals surface area contributed by atoms with Crippen LogP contribution in [0.2, 0.25) is 0 Å². The molecule has 0 bridgehead atoms. The van der Waals surface area contributed by atoms with Gasteiger partial charge in [-0.15, -0.1) is 0 Å². The van der Waals surface area contributed by atoms with Gasteiger partial charge < -0.3 is 10.1 Å². The minimum atomic E-state index is -0.110. The van der Waals surface area contributed by atoms with Crippen molar-refractivity contribution in [2.24, 2.45) is 0 Å². The second-order valence-corrected chi connectivity index (χ2v) is 3.61. The Morgan fingerprint density at radius 2 is 2.38 bits per heavy atom. The molecule has 2 N–H and O–H groups in total. The predicted molar refractivity (Wildman–Crippen MR) is 63.8 cm³/mol. The van der Waals surface area contributed by atoms with E-state index in [4.69, 9.17) is 4.74 Å². The first-order valence-electron chi connectivity index (χ1n) is 5.59. The number of methoxy groups -OCH3 is 1. The molecule has 16 heavy (non-hydrogen) atoms. The summed E-state index contributed by atoms with van der Waals surface area (Å²) in [7, 11) is 1.63. The monoisotopic (exact) mass is 225 g/mol. The molecule has 0 saturated heterocycles. The number of aromatic amines is 1. The number of aryl methyl sites for hydroxylation is 1. The maximum absolute atomic E-state index is 11.3. The Kier molecular flexibility index (Phi) is 5.56. The van der Waals surface area contributed by atoms with E-state index < -0.39 is 0 Å². The standard InChI is InChI=1S/C11H19N3O2/c1-3-4-5-9-8-10(15)14-11(13-9)12-6-7-16-2/h8H,3-7H2,1-2H3,(H2,12,13,14,15). The highest BCUT2D eigenvalue weighted by Gasteiger charge is 2.00. The molecule has 0 unspecified atom stereocenters. The van der Waals surface area contributed by atoms with Gasteiger partial charge in [0.05, 0.1) is 6.61 Å². The maximum Gasteiger partial charge on any atom is 0.252 e. The van der Waals surface area contributed by atoms with E-state index in [-0.39, 0.29) is 5.56 Å². The zero-order valence-corrected chi connectivity index (χ0v) is 9.88. The van der Waals surface area contributed by atoms with Crippen LogP contribution in [0.4, 0.5) is 5.95 Å². The number of ether oxygens (including phenoxy) is 1. The lowest BCUT2D eigenvalue weighted by atomic mass is 10.2. The lowest BCUT2D eigenvalue weighted by Crippen LogP contribution is -2.16. The number of hydrogen-bond donors (Lipinski definition) is 2. The van der Waals surface area contributed by atoms with E-state index in [9.17, 15) is 4.79 Å². The van der Waals surface area contributed by atoms with Gasteiger partial charge in [-0.2, -0.15) is 0 Å². The summed E-state index contributed by atoms with van der Waals surface area (Å²) >= 11 is 0. The van der Waals surface area contributed by atoms with Gasteiger partial charge in [-0.05, 0) is 12.8 Å². The van der Waals surface area contributed by atoms with E-state index in [1.165, 1.54) is 0 Å². The molecule has 0 radical (unpaired) electrons. The topological polar surface area (TPSA) is 67.0 Å². The third-order valence-corrected chi connectivity index (χ3v) is 2.18. The lowest BCUT2D eigenvalue weighted by Gasteiger charge is -2.06. The van der Waals surface area contributed by atoms with Crippen LogP contribution in [0.3, 0.4) is 0 Å². The molecular formula is C11H19N3O2. The maximum atomic E-state index is 11.3. The SMILES string of the molecule is CCCCc1cc(=O)[nH]c(NCCOC)n1. The highest BCUT2D eigenvalue weighted by molar-refractivity contribution is 5.24. The van der Waals surface area contributed by atoms with Crippen molar-refractivity contribution in [2.45, 2.75) is 26.2 Å². The van der Waals surface area contributed by atoms with Crippen LogP contribution < -0.4 is 10.9 Å². The Hall–Kier alpha value is -1.36. The van der Waals surface area contributed by atoms with Crippen LogP contribution in [0.1, 0.15) is 25.5 Å². The van der Waals surface area contributed by atoms with Gasteiger partial charge in [-0.3, -0.25) is 9.78 Å². The number of H-pyrrole nitrogens is 1. The Labute approximate surface area is 95.3 Å². The molecule has 0 spiro atoms. The Morgan fingerprint density at radius 1 is 1.56 bits per heavy atom. The van der Waals surface area contributed by atoms with Gasteiger partial charge in [0.2, 0.25) is 5.95 Å². The average Bonchev–Trinajstić information content (AvgIpc) is 2.26. The highest BCUT2D eigenvalue weighted by atomic mass is 16.5. The molecule has 0 aliphatic rings. The van der Waals surface area contributed by atoms with E-state index >= 15 is 0 Å². The zero-order chi connectivity index (χ0) is 11.8. The molecule has 0 saturated carbocycles. The van der Waals surface area contributed by atoms with Crippen molar-refractivity contribution in [3.8, 4) is 0 Å². The van der Waals surface area contributed by atoms with Gasteiger partial charge in [0.1, 0.15) is 0 Å². The van der Waals surface area contributed by atoms with Crippen molar-refractivity contribution in [1.82, 2.24) is 9.97 Å². The van der Waals surface area contributed by atoms with Gasteiger partial charge in [-0.1, -0.05) is 13.3 Å². The Morgan fingerprint density at radius 3 is 3.06 bits per heavy atom.